The topological polar surface area (TPSA) is 42.3 Å². The molecule has 0 bridgehead atoms. The second-order valence-electron chi connectivity index (χ2n) is 15.6. The molecule has 0 spiro atoms. The second kappa shape index (κ2) is 13.7. The molecule has 0 N–H and O–H groups in total. The molecule has 10 rings (SSSR count). The highest BCUT2D eigenvalue weighted by Gasteiger charge is 2.41. The van der Waals surface area contributed by atoms with Crippen LogP contribution in [0.5, 0.6) is 0 Å². The maximum atomic E-state index is 15.4. The fourth-order valence-electron chi connectivity index (χ4n) is 9.14. The zero-order valence-electron chi connectivity index (χ0n) is 32.9. The van der Waals surface area contributed by atoms with E-state index in [0.717, 1.165) is 66.3 Å². The molecule has 1 aliphatic rings. The van der Waals surface area contributed by atoms with E-state index in [-0.39, 0.29) is 11.8 Å². The average molecular weight is 749 g/mol. The molecule has 2 amide bonds. The number of rotatable bonds is 6. The van der Waals surface area contributed by atoms with Crippen LogP contribution in [-0.4, -0.2) is 16.4 Å². The summed E-state index contributed by atoms with van der Waals surface area (Å²) in [7, 11) is 0. The first-order valence-electron chi connectivity index (χ1n) is 19.8. The first-order chi connectivity index (χ1) is 28.2. The lowest BCUT2D eigenvalue weighted by molar-refractivity contribution is 0.0926. The first kappa shape index (κ1) is 35.1. The van der Waals surface area contributed by atoms with Gasteiger partial charge < -0.3 is 4.57 Å². The molecule has 9 aromatic rings. The number of benzene rings is 8. The lowest BCUT2D eigenvalue weighted by Gasteiger charge is -2.20. The molecule has 0 saturated heterocycles. The lowest BCUT2D eigenvalue weighted by Crippen LogP contribution is -2.30. The Labute approximate surface area is 338 Å². The molecular formula is C54H40N2O2. The molecule has 0 atom stereocenters. The fourth-order valence-corrected chi connectivity index (χ4v) is 9.14. The smallest absolute Gasteiger partial charge is 0.268 e. The molecule has 4 heteroatoms. The molecular weight excluding hydrogens is 709 g/mol. The van der Waals surface area contributed by atoms with Crippen molar-refractivity contribution in [2.75, 3.05) is 4.90 Å². The second-order valence-corrected chi connectivity index (χ2v) is 15.6. The van der Waals surface area contributed by atoms with Crippen LogP contribution in [0.3, 0.4) is 0 Å². The zero-order chi connectivity index (χ0) is 39.7. The van der Waals surface area contributed by atoms with Crippen molar-refractivity contribution < 1.29 is 9.59 Å². The summed E-state index contributed by atoms with van der Waals surface area (Å²) in [6.07, 6.45) is 0. The van der Waals surface area contributed by atoms with Gasteiger partial charge in [0, 0.05) is 27.5 Å². The van der Waals surface area contributed by atoms with Gasteiger partial charge in [0.2, 0.25) is 0 Å². The third-order valence-corrected chi connectivity index (χ3v) is 11.4. The number of amides is 2. The third-order valence-electron chi connectivity index (χ3n) is 11.4. The van der Waals surface area contributed by atoms with Gasteiger partial charge in [-0.1, -0.05) is 174 Å². The Hall–Kier alpha value is -7.30. The molecule has 1 aliphatic heterocycles. The highest BCUT2D eigenvalue weighted by atomic mass is 16.2. The molecule has 0 fully saturated rings. The fraction of sp³-hybridized carbons (Fsp3) is 0.0741. The van der Waals surface area contributed by atoms with Crippen LogP contribution in [0.1, 0.15) is 43.0 Å². The van der Waals surface area contributed by atoms with Crippen molar-refractivity contribution in [3.05, 3.63) is 203 Å². The molecule has 0 aliphatic carbocycles. The number of hydrogen-bond donors (Lipinski definition) is 0. The van der Waals surface area contributed by atoms with Crippen LogP contribution in [0.15, 0.2) is 170 Å². The summed E-state index contributed by atoms with van der Waals surface area (Å²) in [6.45, 7) is 8.52. The number of carbonyl (C=O) groups is 2. The predicted octanol–water partition coefficient (Wildman–Crippen LogP) is 13.5. The maximum Gasteiger partial charge on any atom is 0.268 e. The molecule has 0 radical (unpaired) electrons. The molecule has 58 heavy (non-hydrogen) atoms. The Morgan fingerprint density at radius 3 is 1.40 bits per heavy atom. The number of aromatic nitrogens is 1. The van der Waals surface area contributed by atoms with Gasteiger partial charge in [0.25, 0.3) is 11.8 Å². The molecule has 8 aromatic carbocycles. The largest absolute Gasteiger partial charge is 0.307 e. The van der Waals surface area contributed by atoms with Gasteiger partial charge in [-0.05, 0) is 73.7 Å². The van der Waals surface area contributed by atoms with Crippen LogP contribution in [0.2, 0.25) is 0 Å². The summed E-state index contributed by atoms with van der Waals surface area (Å²) >= 11 is 0. The number of hydrogen-bond acceptors (Lipinski definition) is 2. The van der Waals surface area contributed by atoms with Crippen molar-refractivity contribution in [3.8, 4) is 50.2 Å². The SMILES string of the molecule is Cc1cc(C)cc(-c2cccc3c4cccc(-c5cc(C)cc(C)c5)c4n(-c4cccc5c4C(=O)N(c4cc(-c6ccccc6)ccc4-c4ccccc4)C5=O)c23)c1. The van der Waals surface area contributed by atoms with Crippen molar-refractivity contribution in [3.63, 3.8) is 0 Å². The van der Waals surface area contributed by atoms with Gasteiger partial charge in [-0.25, -0.2) is 4.90 Å². The van der Waals surface area contributed by atoms with Gasteiger partial charge in [0.15, 0.2) is 0 Å². The van der Waals surface area contributed by atoms with Crippen LogP contribution in [0.25, 0.3) is 72.0 Å². The van der Waals surface area contributed by atoms with E-state index in [1.165, 1.54) is 27.2 Å². The number of carbonyl (C=O) groups excluding carboxylic acids is 2. The average Bonchev–Trinajstić information content (AvgIpc) is 3.71. The third kappa shape index (κ3) is 5.68. The summed E-state index contributed by atoms with van der Waals surface area (Å²) in [5.74, 6) is -0.685. The highest BCUT2D eigenvalue weighted by Crippen LogP contribution is 2.45. The number of para-hydroxylation sites is 2. The van der Waals surface area contributed by atoms with Crippen LogP contribution in [0.4, 0.5) is 5.69 Å². The Morgan fingerprint density at radius 1 is 0.345 bits per heavy atom. The molecule has 0 saturated carbocycles. The van der Waals surface area contributed by atoms with E-state index < -0.39 is 0 Å². The Morgan fingerprint density at radius 2 is 0.845 bits per heavy atom. The molecule has 4 nitrogen and oxygen atoms in total. The van der Waals surface area contributed by atoms with Crippen molar-refractivity contribution in [2.45, 2.75) is 27.7 Å². The molecule has 278 valence electrons. The van der Waals surface area contributed by atoms with Crippen LogP contribution in [-0.2, 0) is 0 Å². The van der Waals surface area contributed by atoms with Gasteiger partial charge in [-0.2, -0.15) is 0 Å². The number of imide groups is 1. The summed E-state index contributed by atoms with van der Waals surface area (Å²) in [5.41, 5.74) is 16.6. The van der Waals surface area contributed by atoms with E-state index in [0.29, 0.717) is 22.5 Å². The van der Waals surface area contributed by atoms with Gasteiger partial charge in [-0.3, -0.25) is 9.59 Å². The summed E-state index contributed by atoms with van der Waals surface area (Å²) in [6, 6.07) is 58.1. The maximum absolute atomic E-state index is 15.4. The van der Waals surface area contributed by atoms with Crippen molar-refractivity contribution >= 4 is 39.3 Å². The Bertz CT molecular complexity index is 2990. The number of anilines is 1. The van der Waals surface area contributed by atoms with E-state index >= 15 is 4.79 Å². The van der Waals surface area contributed by atoms with E-state index in [1.54, 1.807) is 6.07 Å². The van der Waals surface area contributed by atoms with Crippen LogP contribution < -0.4 is 4.90 Å². The van der Waals surface area contributed by atoms with Crippen LogP contribution >= 0.6 is 0 Å². The normalized spacial score (nSPS) is 12.5. The quantitative estimate of drug-likeness (QED) is 0.159. The number of fused-ring (bicyclic) bond motifs is 4. The van der Waals surface area contributed by atoms with E-state index in [2.05, 4.69) is 111 Å². The van der Waals surface area contributed by atoms with Gasteiger partial charge >= 0.3 is 0 Å². The van der Waals surface area contributed by atoms with Crippen molar-refractivity contribution in [1.82, 2.24) is 4.57 Å². The van der Waals surface area contributed by atoms with Crippen molar-refractivity contribution in [1.29, 1.82) is 0 Å². The minimum Gasteiger partial charge on any atom is -0.307 e. The Balaban J connectivity index is 1.27. The summed E-state index contributed by atoms with van der Waals surface area (Å²) in [5, 5.41) is 2.15. The zero-order valence-corrected chi connectivity index (χ0v) is 32.9. The highest BCUT2D eigenvalue weighted by molar-refractivity contribution is 6.37. The predicted molar refractivity (Wildman–Crippen MR) is 239 cm³/mol. The summed E-state index contributed by atoms with van der Waals surface area (Å²) in [4.78, 5) is 31.7. The number of nitrogens with zero attached hydrogens (tertiary/aromatic N) is 2. The van der Waals surface area contributed by atoms with Crippen molar-refractivity contribution in [2.24, 2.45) is 0 Å². The monoisotopic (exact) mass is 748 g/mol. The molecule has 0 unspecified atom stereocenters. The standard InChI is InChI=1S/C54H40N2O2/c1-33-26-34(2)29-40(28-33)43-18-11-20-45-46-21-12-19-44(41-30-35(3)27-36(4)31-41)52(46)55(51(43)45)48-23-13-22-47-50(48)54(58)56(53(47)57)49-32-39(37-14-7-5-8-15-37)24-25-42(49)38-16-9-6-10-17-38/h5-32H,1-4H3. The van der Waals surface area contributed by atoms with Gasteiger partial charge in [-0.15, -0.1) is 0 Å². The lowest BCUT2D eigenvalue weighted by atomic mass is 9.97. The van der Waals surface area contributed by atoms with E-state index in [9.17, 15) is 4.79 Å². The van der Waals surface area contributed by atoms with Crippen LogP contribution in [0, 0.1) is 27.7 Å². The van der Waals surface area contributed by atoms with Gasteiger partial charge in [0.1, 0.15) is 0 Å². The minimum absolute atomic E-state index is 0.339. The molecule has 2 heterocycles. The Kier molecular flexibility index (Phi) is 8.31. The molecule has 1 aromatic heterocycles. The minimum atomic E-state index is -0.347. The first-order valence-corrected chi connectivity index (χ1v) is 19.8. The summed E-state index contributed by atoms with van der Waals surface area (Å²) < 4.78 is 2.26. The van der Waals surface area contributed by atoms with E-state index in [4.69, 9.17) is 0 Å². The number of aryl methyl sites for hydroxylation is 4. The van der Waals surface area contributed by atoms with E-state index in [1.807, 2.05) is 84.9 Å². The van der Waals surface area contributed by atoms with Gasteiger partial charge in [0.05, 0.1) is 33.5 Å².